The number of rotatable bonds is 1. The second-order valence-electron chi connectivity index (χ2n) is 6.05. The van der Waals surface area contributed by atoms with Gasteiger partial charge in [-0.2, -0.15) is 0 Å². The Labute approximate surface area is 99.7 Å². The van der Waals surface area contributed by atoms with Crippen LogP contribution in [0.5, 0.6) is 0 Å². The minimum Gasteiger partial charge on any atom is -0.0912 e. The highest BCUT2D eigenvalue weighted by Crippen LogP contribution is 2.20. The van der Waals surface area contributed by atoms with Crippen molar-refractivity contribution in [3.8, 4) is 0 Å². The fourth-order valence-electron chi connectivity index (χ4n) is 2.14. The van der Waals surface area contributed by atoms with Crippen LogP contribution in [0.4, 0.5) is 0 Å². The van der Waals surface area contributed by atoms with Crippen LogP contribution in [0.2, 0.25) is 0 Å². The lowest BCUT2D eigenvalue weighted by molar-refractivity contribution is 0.409. The minimum absolute atomic E-state index is 0.297. The zero-order valence-electron chi connectivity index (χ0n) is 11.6. The van der Waals surface area contributed by atoms with E-state index in [-0.39, 0.29) is 0 Å². The molecule has 16 heavy (non-hydrogen) atoms. The zero-order chi connectivity index (χ0) is 12.7. The van der Waals surface area contributed by atoms with Crippen LogP contribution in [-0.4, -0.2) is 0 Å². The standard InChI is InChI=1S/C16H24/c1-10-11(2)13(4)15(9-16(6,7)8)14(5)12(10)3/h2,5,9H2,1,3-4,6-8H3. The summed E-state index contributed by atoms with van der Waals surface area (Å²) in [4.78, 5) is 0. The summed E-state index contributed by atoms with van der Waals surface area (Å²) >= 11 is 0. The molecule has 0 radical (unpaired) electrons. The number of hydrogen-bond acceptors (Lipinski definition) is 0. The summed E-state index contributed by atoms with van der Waals surface area (Å²) in [6.07, 6.45) is 1.07. The summed E-state index contributed by atoms with van der Waals surface area (Å²) in [5.41, 5.74) is 5.60. The van der Waals surface area contributed by atoms with Crippen LogP contribution in [0.1, 0.15) is 43.0 Å². The van der Waals surface area contributed by atoms with Gasteiger partial charge in [-0.05, 0) is 65.3 Å². The third-order valence-corrected chi connectivity index (χ3v) is 3.44. The van der Waals surface area contributed by atoms with Gasteiger partial charge in [0.1, 0.15) is 0 Å². The normalized spacial score (nSPS) is 11.9. The van der Waals surface area contributed by atoms with Gasteiger partial charge in [-0.15, -0.1) is 0 Å². The van der Waals surface area contributed by atoms with E-state index < -0.39 is 0 Å². The van der Waals surface area contributed by atoms with Crippen molar-refractivity contribution in [1.82, 2.24) is 0 Å². The van der Waals surface area contributed by atoms with E-state index in [1.807, 2.05) is 0 Å². The average Bonchev–Trinajstić information content (AvgIpc) is 2.17. The molecule has 0 aliphatic heterocycles. The van der Waals surface area contributed by atoms with Crippen LogP contribution in [0.3, 0.4) is 0 Å². The van der Waals surface area contributed by atoms with Crippen molar-refractivity contribution in [3.63, 3.8) is 0 Å². The molecule has 0 heteroatoms. The van der Waals surface area contributed by atoms with E-state index in [1.165, 1.54) is 32.7 Å². The van der Waals surface area contributed by atoms with Crippen molar-refractivity contribution in [3.05, 3.63) is 32.7 Å². The molecule has 0 fully saturated rings. The van der Waals surface area contributed by atoms with Crippen molar-refractivity contribution in [2.75, 3.05) is 0 Å². The maximum atomic E-state index is 4.24. The molecule has 0 bridgehead atoms. The molecule has 0 nitrogen and oxygen atoms in total. The van der Waals surface area contributed by atoms with Gasteiger partial charge in [-0.3, -0.25) is 0 Å². The molecule has 0 aliphatic rings. The van der Waals surface area contributed by atoms with Crippen LogP contribution in [0.25, 0.3) is 13.2 Å². The maximum Gasteiger partial charge on any atom is -0.0221 e. The summed E-state index contributed by atoms with van der Waals surface area (Å²) in [6.45, 7) is 21.7. The van der Waals surface area contributed by atoms with Gasteiger partial charge < -0.3 is 0 Å². The van der Waals surface area contributed by atoms with E-state index in [0.717, 1.165) is 6.42 Å². The number of benzene rings is 1. The summed E-state index contributed by atoms with van der Waals surface area (Å²) in [5.74, 6) is 0. The lowest BCUT2D eigenvalue weighted by Crippen LogP contribution is -2.27. The Balaban J connectivity index is 3.53. The van der Waals surface area contributed by atoms with Crippen LogP contribution in [0.15, 0.2) is 0 Å². The van der Waals surface area contributed by atoms with Gasteiger partial charge in [0.05, 0.1) is 0 Å². The molecule has 1 aromatic rings. The van der Waals surface area contributed by atoms with E-state index in [0.29, 0.717) is 5.41 Å². The minimum atomic E-state index is 0.297. The largest absolute Gasteiger partial charge is 0.0912 e. The van der Waals surface area contributed by atoms with Gasteiger partial charge in [-0.25, -0.2) is 0 Å². The summed E-state index contributed by atoms with van der Waals surface area (Å²) in [5, 5.41) is 2.39. The topological polar surface area (TPSA) is 0 Å². The molecule has 0 aromatic heterocycles. The second-order valence-corrected chi connectivity index (χ2v) is 6.05. The molecule has 0 N–H and O–H groups in total. The zero-order valence-corrected chi connectivity index (χ0v) is 11.6. The van der Waals surface area contributed by atoms with Crippen molar-refractivity contribution < 1.29 is 0 Å². The Kier molecular flexibility index (Phi) is 3.33. The quantitative estimate of drug-likeness (QED) is 0.677. The molecule has 0 saturated heterocycles. The first-order valence-corrected chi connectivity index (χ1v) is 5.91. The number of hydrogen-bond donors (Lipinski definition) is 0. The molecule has 0 saturated carbocycles. The van der Waals surface area contributed by atoms with E-state index >= 15 is 0 Å². The SMILES string of the molecule is C=c1c(C)c(C)c(=C)c(CC(C)(C)C)c1C. The molecule has 0 atom stereocenters. The van der Waals surface area contributed by atoms with Crippen molar-refractivity contribution in [2.24, 2.45) is 5.41 Å². The van der Waals surface area contributed by atoms with Gasteiger partial charge in [0.15, 0.2) is 0 Å². The summed E-state index contributed by atoms with van der Waals surface area (Å²) in [7, 11) is 0. The Hall–Kier alpha value is -1.04. The second kappa shape index (κ2) is 4.08. The Morgan fingerprint density at radius 3 is 1.69 bits per heavy atom. The predicted molar refractivity (Wildman–Crippen MR) is 74.1 cm³/mol. The lowest BCUT2D eigenvalue weighted by atomic mass is 9.83. The third-order valence-electron chi connectivity index (χ3n) is 3.44. The van der Waals surface area contributed by atoms with Gasteiger partial charge in [0.2, 0.25) is 0 Å². The molecular weight excluding hydrogens is 192 g/mol. The molecule has 0 spiro atoms. The third kappa shape index (κ3) is 2.37. The molecule has 1 aromatic carbocycles. The fraction of sp³-hybridized carbons (Fsp3) is 0.500. The highest BCUT2D eigenvalue weighted by Gasteiger charge is 2.15. The summed E-state index contributed by atoms with van der Waals surface area (Å²) < 4.78 is 0. The lowest BCUT2D eigenvalue weighted by Gasteiger charge is -2.22. The Morgan fingerprint density at radius 2 is 1.25 bits per heavy atom. The maximum absolute atomic E-state index is 4.24. The highest BCUT2D eigenvalue weighted by atomic mass is 14.2. The van der Waals surface area contributed by atoms with E-state index in [1.54, 1.807) is 0 Å². The van der Waals surface area contributed by atoms with E-state index in [4.69, 9.17) is 0 Å². The van der Waals surface area contributed by atoms with Gasteiger partial charge in [0, 0.05) is 0 Å². The molecule has 0 amide bonds. The predicted octanol–water partition coefficient (Wildman–Crippen LogP) is 3.02. The highest BCUT2D eigenvalue weighted by molar-refractivity contribution is 5.42. The van der Waals surface area contributed by atoms with Crippen LogP contribution in [0, 0.1) is 26.2 Å². The van der Waals surface area contributed by atoms with Crippen molar-refractivity contribution in [2.45, 2.75) is 48.0 Å². The van der Waals surface area contributed by atoms with E-state index in [2.05, 4.69) is 54.7 Å². The first kappa shape index (κ1) is 13.0. The smallest absolute Gasteiger partial charge is 0.0221 e. The van der Waals surface area contributed by atoms with Gasteiger partial charge >= 0.3 is 0 Å². The van der Waals surface area contributed by atoms with Crippen LogP contribution < -0.4 is 10.4 Å². The van der Waals surface area contributed by atoms with Gasteiger partial charge in [0.25, 0.3) is 0 Å². The summed E-state index contributed by atoms with van der Waals surface area (Å²) in [6, 6.07) is 0. The molecule has 0 aliphatic carbocycles. The molecular formula is C16H24. The van der Waals surface area contributed by atoms with Gasteiger partial charge in [-0.1, -0.05) is 33.9 Å². The molecule has 1 rings (SSSR count). The Morgan fingerprint density at radius 1 is 0.812 bits per heavy atom. The van der Waals surface area contributed by atoms with Crippen molar-refractivity contribution in [1.29, 1.82) is 0 Å². The van der Waals surface area contributed by atoms with Crippen LogP contribution in [-0.2, 0) is 6.42 Å². The van der Waals surface area contributed by atoms with Crippen LogP contribution >= 0.6 is 0 Å². The van der Waals surface area contributed by atoms with Crippen molar-refractivity contribution >= 4 is 13.2 Å². The first-order chi connectivity index (χ1) is 7.15. The molecule has 88 valence electrons. The molecule has 0 unspecified atom stereocenters. The average molecular weight is 216 g/mol. The van der Waals surface area contributed by atoms with E-state index in [9.17, 15) is 0 Å². The Bertz CT molecular complexity index is 499. The molecule has 0 heterocycles. The first-order valence-electron chi connectivity index (χ1n) is 5.91. The fourth-order valence-corrected chi connectivity index (χ4v) is 2.14. The monoisotopic (exact) mass is 216 g/mol.